The van der Waals surface area contributed by atoms with Crippen molar-refractivity contribution in [2.75, 3.05) is 26.7 Å². The largest absolute Gasteiger partial charge is 0.380 e. The van der Waals surface area contributed by atoms with E-state index in [4.69, 9.17) is 4.74 Å². The molecule has 0 amide bonds. The Morgan fingerprint density at radius 3 is 2.67 bits per heavy atom. The summed E-state index contributed by atoms with van der Waals surface area (Å²) in [5.41, 5.74) is 0.246. The average Bonchev–Trinajstić information content (AvgIpc) is 2.93. The van der Waals surface area contributed by atoms with Gasteiger partial charge in [0.1, 0.15) is 0 Å². The highest BCUT2D eigenvalue weighted by Gasteiger charge is 2.36. The lowest BCUT2D eigenvalue weighted by Crippen LogP contribution is -2.42. The summed E-state index contributed by atoms with van der Waals surface area (Å²) in [6.07, 6.45) is 5.75. The molecule has 2 rings (SSSR count). The van der Waals surface area contributed by atoms with Gasteiger partial charge in [-0.1, -0.05) is 0 Å². The summed E-state index contributed by atoms with van der Waals surface area (Å²) in [5.74, 6) is 0.822. The minimum Gasteiger partial charge on any atom is -0.380 e. The number of ether oxygens (including phenoxy) is 1. The molecule has 1 aliphatic heterocycles. The molecule has 3 unspecified atom stereocenters. The SMILES string of the molecule is COC1CCCC1N1CCC(CNC(C)(C)C)C1. The molecule has 0 bridgehead atoms. The van der Waals surface area contributed by atoms with Crippen LogP contribution in [0, 0.1) is 5.92 Å². The summed E-state index contributed by atoms with van der Waals surface area (Å²) in [5, 5.41) is 3.64. The number of methoxy groups -OCH3 is 1. The predicted molar refractivity (Wildman–Crippen MR) is 75.9 cm³/mol. The number of hydrogen-bond donors (Lipinski definition) is 1. The Hall–Kier alpha value is -0.120. The third kappa shape index (κ3) is 3.69. The zero-order valence-corrected chi connectivity index (χ0v) is 12.5. The first-order valence-electron chi connectivity index (χ1n) is 7.51. The normalized spacial score (nSPS) is 34.3. The molecule has 3 heteroatoms. The highest BCUT2D eigenvalue weighted by atomic mass is 16.5. The van der Waals surface area contributed by atoms with Gasteiger partial charge < -0.3 is 10.1 Å². The summed E-state index contributed by atoms with van der Waals surface area (Å²) >= 11 is 0. The fraction of sp³-hybridized carbons (Fsp3) is 1.00. The first kappa shape index (κ1) is 14.3. The Morgan fingerprint density at radius 1 is 1.22 bits per heavy atom. The van der Waals surface area contributed by atoms with Crippen LogP contribution < -0.4 is 5.32 Å². The van der Waals surface area contributed by atoms with E-state index in [-0.39, 0.29) is 5.54 Å². The third-order valence-corrected chi connectivity index (χ3v) is 4.43. The predicted octanol–water partition coefficient (Wildman–Crippen LogP) is 2.26. The van der Waals surface area contributed by atoms with Gasteiger partial charge in [0.15, 0.2) is 0 Å². The summed E-state index contributed by atoms with van der Waals surface area (Å²) < 4.78 is 5.63. The van der Waals surface area contributed by atoms with Crippen molar-refractivity contribution in [3.05, 3.63) is 0 Å². The van der Waals surface area contributed by atoms with E-state index in [1.165, 1.54) is 38.8 Å². The Bertz CT molecular complexity index is 262. The summed E-state index contributed by atoms with van der Waals surface area (Å²) in [7, 11) is 1.87. The molecule has 0 radical (unpaired) electrons. The highest BCUT2D eigenvalue weighted by Crippen LogP contribution is 2.30. The maximum Gasteiger partial charge on any atom is 0.0726 e. The zero-order chi connectivity index (χ0) is 13.2. The van der Waals surface area contributed by atoms with Gasteiger partial charge in [-0.2, -0.15) is 0 Å². The number of nitrogens with zero attached hydrogens (tertiary/aromatic N) is 1. The molecule has 1 saturated heterocycles. The average molecular weight is 254 g/mol. The van der Waals surface area contributed by atoms with E-state index in [1.807, 2.05) is 7.11 Å². The van der Waals surface area contributed by atoms with Gasteiger partial charge in [0.25, 0.3) is 0 Å². The molecule has 1 aliphatic carbocycles. The van der Waals surface area contributed by atoms with E-state index in [1.54, 1.807) is 0 Å². The van der Waals surface area contributed by atoms with Crippen molar-refractivity contribution in [3.63, 3.8) is 0 Å². The molecule has 0 aromatic rings. The molecule has 3 atom stereocenters. The number of likely N-dealkylation sites (tertiary alicyclic amines) is 1. The molecule has 1 heterocycles. The monoisotopic (exact) mass is 254 g/mol. The Kier molecular flexibility index (Phi) is 4.68. The molecule has 2 aliphatic rings. The third-order valence-electron chi connectivity index (χ3n) is 4.43. The summed E-state index contributed by atoms with van der Waals surface area (Å²) in [4.78, 5) is 2.68. The molecule has 2 fully saturated rings. The number of nitrogens with one attached hydrogen (secondary N) is 1. The van der Waals surface area contributed by atoms with Crippen molar-refractivity contribution in [2.24, 2.45) is 5.92 Å². The molecule has 3 nitrogen and oxygen atoms in total. The van der Waals surface area contributed by atoms with E-state index >= 15 is 0 Å². The topological polar surface area (TPSA) is 24.5 Å². The molecule has 1 saturated carbocycles. The zero-order valence-electron chi connectivity index (χ0n) is 12.5. The van der Waals surface area contributed by atoms with Crippen molar-refractivity contribution < 1.29 is 4.74 Å². The van der Waals surface area contributed by atoms with Crippen LogP contribution in [0.15, 0.2) is 0 Å². The molecule has 1 N–H and O–H groups in total. The van der Waals surface area contributed by atoms with Crippen molar-refractivity contribution >= 4 is 0 Å². The molecule has 0 aromatic carbocycles. The number of hydrogen-bond acceptors (Lipinski definition) is 3. The van der Waals surface area contributed by atoms with Crippen LogP contribution in [-0.2, 0) is 4.74 Å². The second-order valence-electron chi connectivity index (χ2n) is 7.05. The van der Waals surface area contributed by atoms with Gasteiger partial charge in [0.05, 0.1) is 6.10 Å². The quantitative estimate of drug-likeness (QED) is 0.833. The van der Waals surface area contributed by atoms with E-state index in [2.05, 4.69) is 31.0 Å². The van der Waals surface area contributed by atoms with Crippen LogP contribution in [0.25, 0.3) is 0 Å². The fourth-order valence-electron chi connectivity index (χ4n) is 3.38. The van der Waals surface area contributed by atoms with E-state index in [0.29, 0.717) is 12.1 Å². The van der Waals surface area contributed by atoms with Crippen molar-refractivity contribution in [1.82, 2.24) is 10.2 Å². The Labute approximate surface area is 112 Å². The molecule has 0 aromatic heterocycles. The standard InChI is InChI=1S/C15H30N2O/c1-15(2,3)16-10-12-8-9-17(11-12)13-6-5-7-14(13)18-4/h12-14,16H,5-11H2,1-4H3. The van der Waals surface area contributed by atoms with Gasteiger partial charge in [-0.25, -0.2) is 0 Å². The minimum absolute atomic E-state index is 0.246. The molecular formula is C15H30N2O. The van der Waals surface area contributed by atoms with Crippen LogP contribution in [0.3, 0.4) is 0 Å². The van der Waals surface area contributed by atoms with E-state index in [9.17, 15) is 0 Å². The summed E-state index contributed by atoms with van der Waals surface area (Å²) in [6.45, 7) is 10.4. The van der Waals surface area contributed by atoms with Crippen LogP contribution in [0.5, 0.6) is 0 Å². The maximum atomic E-state index is 5.63. The van der Waals surface area contributed by atoms with Crippen molar-refractivity contribution in [1.29, 1.82) is 0 Å². The maximum absolute atomic E-state index is 5.63. The smallest absolute Gasteiger partial charge is 0.0726 e. The van der Waals surface area contributed by atoms with Crippen molar-refractivity contribution in [2.45, 2.75) is 64.1 Å². The Morgan fingerprint density at radius 2 is 2.00 bits per heavy atom. The fourth-order valence-corrected chi connectivity index (χ4v) is 3.38. The van der Waals surface area contributed by atoms with Crippen LogP contribution >= 0.6 is 0 Å². The van der Waals surface area contributed by atoms with Gasteiger partial charge in [0, 0.05) is 25.2 Å². The first-order chi connectivity index (χ1) is 8.49. The molecular weight excluding hydrogens is 224 g/mol. The number of rotatable bonds is 4. The molecule has 0 spiro atoms. The van der Waals surface area contributed by atoms with Gasteiger partial charge in [0.2, 0.25) is 0 Å². The minimum atomic E-state index is 0.246. The Balaban J connectivity index is 1.77. The van der Waals surface area contributed by atoms with Gasteiger partial charge in [-0.3, -0.25) is 4.90 Å². The first-order valence-corrected chi connectivity index (χ1v) is 7.51. The van der Waals surface area contributed by atoms with Crippen LogP contribution in [0.1, 0.15) is 46.5 Å². The van der Waals surface area contributed by atoms with E-state index < -0.39 is 0 Å². The lowest BCUT2D eigenvalue weighted by Gasteiger charge is -2.29. The lowest BCUT2D eigenvalue weighted by atomic mass is 10.1. The van der Waals surface area contributed by atoms with Crippen LogP contribution in [-0.4, -0.2) is 49.3 Å². The second-order valence-corrected chi connectivity index (χ2v) is 7.05. The van der Waals surface area contributed by atoms with Gasteiger partial charge >= 0.3 is 0 Å². The lowest BCUT2D eigenvalue weighted by molar-refractivity contribution is 0.0408. The van der Waals surface area contributed by atoms with E-state index in [0.717, 1.165) is 12.5 Å². The second kappa shape index (κ2) is 5.89. The van der Waals surface area contributed by atoms with Gasteiger partial charge in [-0.15, -0.1) is 0 Å². The summed E-state index contributed by atoms with van der Waals surface area (Å²) in [6, 6.07) is 0.689. The van der Waals surface area contributed by atoms with Crippen LogP contribution in [0.2, 0.25) is 0 Å². The highest BCUT2D eigenvalue weighted by molar-refractivity contribution is 4.91. The molecule has 106 valence electrons. The van der Waals surface area contributed by atoms with Gasteiger partial charge in [-0.05, 0) is 65.5 Å². The van der Waals surface area contributed by atoms with Crippen LogP contribution in [0.4, 0.5) is 0 Å². The molecule has 18 heavy (non-hydrogen) atoms. The van der Waals surface area contributed by atoms with Crippen molar-refractivity contribution in [3.8, 4) is 0 Å².